The molecule has 38 heavy (non-hydrogen) atoms. The molecular formula is C30H30N4O4. The molecule has 1 N–H and O–H groups in total. The molecule has 2 amide bonds. The van der Waals surface area contributed by atoms with Crippen molar-refractivity contribution in [2.75, 3.05) is 4.90 Å². The molecule has 0 radical (unpaired) electrons. The second-order valence-electron chi connectivity index (χ2n) is 10.5. The number of para-hydroxylation sites is 1. The predicted molar refractivity (Wildman–Crippen MR) is 141 cm³/mol. The summed E-state index contributed by atoms with van der Waals surface area (Å²) >= 11 is 0. The first-order valence-electron chi connectivity index (χ1n) is 13.4. The van der Waals surface area contributed by atoms with Gasteiger partial charge in [-0.05, 0) is 61.1 Å². The number of fused-ring (bicyclic) bond motifs is 2. The molecule has 8 heteroatoms. The number of aromatic nitrogens is 2. The van der Waals surface area contributed by atoms with Gasteiger partial charge in [0.2, 0.25) is 5.91 Å². The Hall–Kier alpha value is -4.07. The number of hydrogen-bond donors (Lipinski definition) is 1. The monoisotopic (exact) mass is 510 g/mol. The summed E-state index contributed by atoms with van der Waals surface area (Å²) < 4.78 is 0. The van der Waals surface area contributed by atoms with Crippen LogP contribution >= 0.6 is 0 Å². The summed E-state index contributed by atoms with van der Waals surface area (Å²) in [5.74, 6) is -0.978. The van der Waals surface area contributed by atoms with Gasteiger partial charge in [0, 0.05) is 41.2 Å². The number of hydrogen-bond acceptors (Lipinski definition) is 5. The smallest absolute Gasteiger partial charge is 0.303 e. The molecule has 3 unspecified atom stereocenters. The molecule has 194 valence electrons. The molecule has 3 aliphatic rings. The van der Waals surface area contributed by atoms with E-state index >= 15 is 0 Å². The largest absolute Gasteiger partial charge is 0.481 e. The van der Waals surface area contributed by atoms with Crippen molar-refractivity contribution in [2.24, 2.45) is 5.92 Å². The van der Waals surface area contributed by atoms with Gasteiger partial charge in [-0.3, -0.25) is 14.4 Å². The number of anilines is 1. The van der Waals surface area contributed by atoms with Crippen LogP contribution in [0, 0.1) is 5.92 Å². The molecule has 0 bridgehead atoms. The van der Waals surface area contributed by atoms with Crippen LogP contribution < -0.4 is 4.90 Å². The summed E-state index contributed by atoms with van der Waals surface area (Å²) in [4.78, 5) is 42.6. The molecule has 2 aromatic carbocycles. The molecule has 2 fully saturated rings. The maximum absolute atomic E-state index is 14.0. The molecule has 2 heterocycles. The van der Waals surface area contributed by atoms with Gasteiger partial charge < -0.3 is 14.9 Å². The van der Waals surface area contributed by atoms with Crippen molar-refractivity contribution in [3.63, 3.8) is 0 Å². The first-order valence-corrected chi connectivity index (χ1v) is 13.4. The fraction of sp³-hybridized carbons (Fsp3) is 0.367. The molecule has 2 saturated carbocycles. The third kappa shape index (κ3) is 4.44. The number of aliphatic carboxylic acids is 1. The lowest BCUT2D eigenvalue weighted by molar-refractivity contribution is -0.142. The molecule has 1 aliphatic heterocycles. The van der Waals surface area contributed by atoms with Crippen LogP contribution in [0.15, 0.2) is 67.0 Å². The number of benzene rings is 2. The number of carbonyl (C=O) groups is 3. The van der Waals surface area contributed by atoms with E-state index in [0.29, 0.717) is 5.56 Å². The highest BCUT2D eigenvalue weighted by atomic mass is 16.4. The molecule has 8 nitrogen and oxygen atoms in total. The highest BCUT2D eigenvalue weighted by Gasteiger charge is 2.51. The maximum Gasteiger partial charge on any atom is 0.303 e. The van der Waals surface area contributed by atoms with Crippen LogP contribution in [0.5, 0.6) is 0 Å². The summed E-state index contributed by atoms with van der Waals surface area (Å²) in [5.41, 5.74) is 4.36. The molecular weight excluding hydrogens is 480 g/mol. The SMILES string of the molecule is O=C(O)CCC(=O)N(C1CC1)C1c2ccccc2N(C(=O)c2ccc(-c3ccnnc3)cc2)C2CCCC21. The van der Waals surface area contributed by atoms with E-state index in [-0.39, 0.29) is 48.7 Å². The van der Waals surface area contributed by atoms with Crippen molar-refractivity contribution >= 4 is 23.5 Å². The van der Waals surface area contributed by atoms with Gasteiger partial charge in [0.05, 0.1) is 24.9 Å². The zero-order chi connectivity index (χ0) is 26.2. The van der Waals surface area contributed by atoms with Gasteiger partial charge >= 0.3 is 5.97 Å². The standard InChI is InChI=1S/C30H30N4O4/c35-27(14-15-28(36)37)33(22-12-13-22)29-23-4-1-2-6-25(23)34(26-7-3-5-24(26)29)30(38)20-10-8-19(9-11-20)21-16-17-31-32-18-21/h1-2,4,6,8-11,16-18,22,24,26,29H,3,5,7,12-15H2,(H,36,37). The minimum absolute atomic E-state index is 0.00385. The summed E-state index contributed by atoms with van der Waals surface area (Å²) in [6.07, 6.45) is 7.86. The molecule has 0 spiro atoms. The van der Waals surface area contributed by atoms with E-state index in [2.05, 4.69) is 10.2 Å². The van der Waals surface area contributed by atoms with Crippen LogP contribution in [0.25, 0.3) is 11.1 Å². The fourth-order valence-electron chi connectivity index (χ4n) is 6.33. The zero-order valence-corrected chi connectivity index (χ0v) is 21.1. The van der Waals surface area contributed by atoms with E-state index < -0.39 is 5.97 Å². The van der Waals surface area contributed by atoms with Gasteiger partial charge in [-0.25, -0.2) is 0 Å². The van der Waals surface area contributed by atoms with Gasteiger partial charge in [-0.2, -0.15) is 10.2 Å². The quantitative estimate of drug-likeness (QED) is 0.486. The summed E-state index contributed by atoms with van der Waals surface area (Å²) in [7, 11) is 0. The van der Waals surface area contributed by atoms with E-state index in [1.807, 2.05) is 64.4 Å². The van der Waals surface area contributed by atoms with Gasteiger partial charge in [0.15, 0.2) is 0 Å². The maximum atomic E-state index is 14.0. The van der Waals surface area contributed by atoms with Crippen LogP contribution in [-0.2, 0) is 9.59 Å². The Morgan fingerprint density at radius 3 is 2.39 bits per heavy atom. The predicted octanol–water partition coefficient (Wildman–Crippen LogP) is 4.87. The number of amides is 2. The highest BCUT2D eigenvalue weighted by Crippen LogP contribution is 2.53. The van der Waals surface area contributed by atoms with Crippen molar-refractivity contribution in [3.05, 3.63) is 78.1 Å². The number of rotatable bonds is 7. The van der Waals surface area contributed by atoms with Crippen LogP contribution in [0.4, 0.5) is 5.69 Å². The van der Waals surface area contributed by atoms with Gasteiger partial charge in [-0.15, -0.1) is 0 Å². The first kappa shape index (κ1) is 24.3. The molecule has 1 aromatic heterocycles. The van der Waals surface area contributed by atoms with Crippen molar-refractivity contribution in [1.82, 2.24) is 15.1 Å². The Morgan fingerprint density at radius 2 is 1.68 bits per heavy atom. The van der Waals surface area contributed by atoms with Crippen molar-refractivity contribution in [1.29, 1.82) is 0 Å². The number of carboxylic acid groups (broad SMARTS) is 1. The number of nitrogens with zero attached hydrogens (tertiary/aromatic N) is 4. The second kappa shape index (κ2) is 10.0. The average molecular weight is 511 g/mol. The molecule has 3 aromatic rings. The normalized spacial score (nSPS) is 21.9. The Labute approximate surface area is 221 Å². The molecule has 6 rings (SSSR count). The van der Waals surface area contributed by atoms with Gasteiger partial charge in [-0.1, -0.05) is 36.8 Å². The Morgan fingerprint density at radius 1 is 0.895 bits per heavy atom. The fourth-order valence-corrected chi connectivity index (χ4v) is 6.33. The number of carboxylic acids is 1. The van der Waals surface area contributed by atoms with Crippen LogP contribution in [-0.4, -0.2) is 50.1 Å². The summed E-state index contributed by atoms with van der Waals surface area (Å²) in [6, 6.07) is 17.4. The van der Waals surface area contributed by atoms with Crippen LogP contribution in [0.2, 0.25) is 0 Å². The van der Waals surface area contributed by atoms with E-state index in [1.165, 1.54) is 0 Å². The Kier molecular flexibility index (Phi) is 6.39. The average Bonchev–Trinajstić information content (AvgIpc) is 3.67. The van der Waals surface area contributed by atoms with Crippen molar-refractivity contribution in [3.8, 4) is 11.1 Å². The lowest BCUT2D eigenvalue weighted by atomic mass is 9.81. The lowest BCUT2D eigenvalue weighted by Crippen LogP contribution is -2.52. The van der Waals surface area contributed by atoms with E-state index in [9.17, 15) is 19.5 Å². The third-order valence-corrected chi connectivity index (χ3v) is 8.13. The topological polar surface area (TPSA) is 104 Å². The van der Waals surface area contributed by atoms with Crippen molar-refractivity contribution in [2.45, 2.75) is 63.1 Å². The number of carbonyl (C=O) groups excluding carboxylic acids is 2. The van der Waals surface area contributed by atoms with Gasteiger partial charge in [0.25, 0.3) is 5.91 Å². The minimum Gasteiger partial charge on any atom is -0.481 e. The Balaban J connectivity index is 1.35. The summed E-state index contributed by atoms with van der Waals surface area (Å²) in [6.45, 7) is 0. The van der Waals surface area contributed by atoms with E-state index in [1.54, 1.807) is 12.4 Å². The van der Waals surface area contributed by atoms with E-state index in [0.717, 1.165) is 54.5 Å². The lowest BCUT2D eigenvalue weighted by Gasteiger charge is -2.48. The molecule has 3 atom stereocenters. The summed E-state index contributed by atoms with van der Waals surface area (Å²) in [5, 5.41) is 17.0. The van der Waals surface area contributed by atoms with Crippen molar-refractivity contribution < 1.29 is 19.5 Å². The highest BCUT2D eigenvalue weighted by molar-refractivity contribution is 6.07. The molecule has 0 saturated heterocycles. The van der Waals surface area contributed by atoms with Gasteiger partial charge in [0.1, 0.15) is 0 Å². The van der Waals surface area contributed by atoms with E-state index in [4.69, 9.17) is 0 Å². The second-order valence-corrected chi connectivity index (χ2v) is 10.5. The Bertz CT molecular complexity index is 1360. The minimum atomic E-state index is -0.958. The third-order valence-electron chi connectivity index (χ3n) is 8.13. The molecule has 2 aliphatic carbocycles. The first-order chi connectivity index (χ1) is 18.5. The van der Waals surface area contributed by atoms with Crippen LogP contribution in [0.1, 0.15) is 66.9 Å². The van der Waals surface area contributed by atoms with Crippen LogP contribution in [0.3, 0.4) is 0 Å². The zero-order valence-electron chi connectivity index (χ0n) is 21.1.